The first kappa shape index (κ1) is 26.6. The molecule has 10 nitrogen and oxygen atoms in total. The van der Waals surface area contributed by atoms with E-state index in [0.717, 1.165) is 16.6 Å². The van der Waals surface area contributed by atoms with Crippen molar-refractivity contribution in [3.05, 3.63) is 97.0 Å². The summed E-state index contributed by atoms with van der Waals surface area (Å²) in [6.07, 6.45) is 8.41. The summed E-state index contributed by atoms with van der Waals surface area (Å²) < 4.78 is 32.9. The Hall–Kier alpha value is -3.98. The van der Waals surface area contributed by atoms with Crippen molar-refractivity contribution in [1.29, 1.82) is 0 Å². The van der Waals surface area contributed by atoms with Crippen LogP contribution >= 0.6 is 7.75 Å². The Morgan fingerprint density at radius 1 is 1.10 bits per heavy atom. The number of nitrogens with one attached hydrogen (secondary N) is 1. The lowest BCUT2D eigenvalue weighted by molar-refractivity contribution is -0.142. The third-order valence-corrected chi connectivity index (χ3v) is 8.12. The molecule has 0 spiro atoms. The molecule has 0 amide bonds. The van der Waals surface area contributed by atoms with Crippen LogP contribution in [0.5, 0.6) is 5.75 Å². The molecule has 0 bridgehead atoms. The van der Waals surface area contributed by atoms with E-state index in [0.29, 0.717) is 18.0 Å². The minimum absolute atomic E-state index is 0.0219. The van der Waals surface area contributed by atoms with Gasteiger partial charge >= 0.3 is 13.7 Å². The number of esters is 1. The molecule has 2 heterocycles. The van der Waals surface area contributed by atoms with Crippen LogP contribution in [0.1, 0.15) is 18.0 Å². The number of ether oxygens (including phenoxy) is 1. The maximum absolute atomic E-state index is 14.1. The number of para-hydroxylation sites is 1. The number of nitrogens with zero attached hydrogens (tertiary/aromatic N) is 3. The van der Waals surface area contributed by atoms with Gasteiger partial charge in [-0.05, 0) is 36.6 Å². The zero-order chi connectivity index (χ0) is 27.2. The fourth-order valence-corrected chi connectivity index (χ4v) is 6.15. The lowest BCUT2D eigenvalue weighted by atomic mass is 10.1. The molecule has 1 aliphatic rings. The first-order valence-corrected chi connectivity index (χ1v) is 14.1. The number of aromatic nitrogens is 3. The first-order chi connectivity index (χ1) is 18.9. The molecule has 1 aliphatic carbocycles. The molecule has 0 saturated heterocycles. The molecule has 2 unspecified atom stereocenters. The molecule has 0 radical (unpaired) electrons. The number of fused-ring (bicyclic) bond motifs is 1. The summed E-state index contributed by atoms with van der Waals surface area (Å²) in [6.45, 7) is 0.111. The Bertz CT molecular complexity index is 1490. The molecule has 11 heteroatoms. The molecule has 0 saturated carbocycles. The Balaban J connectivity index is 1.31. The largest absolute Gasteiger partial charge is 0.468 e. The topological polar surface area (TPSA) is 131 Å². The van der Waals surface area contributed by atoms with Crippen molar-refractivity contribution in [3.8, 4) is 5.75 Å². The van der Waals surface area contributed by atoms with Gasteiger partial charge in [0.2, 0.25) is 0 Å². The standard InChI is InChI=1S/C28H30N5O5P/c1-36-28(34)25(17-20-8-4-2-5-9-20)32-39(35,38-23-10-6-3-7-11-23)37-18-21-12-13-22(16-21)33-15-14-24-26(29)30-19-31-27(24)33/h2-15,19,21-22,25H,16-18H2,1H3,(H,32,35)(H2,29,30,31)/t21-,22+,25?,39?/m1/s1. The molecule has 3 N–H and O–H groups in total. The Kier molecular flexibility index (Phi) is 8.07. The van der Waals surface area contributed by atoms with Crippen LogP contribution in [0.4, 0.5) is 5.82 Å². The summed E-state index contributed by atoms with van der Waals surface area (Å²) in [4.78, 5) is 21.1. The lowest BCUT2D eigenvalue weighted by Crippen LogP contribution is -2.39. The zero-order valence-corrected chi connectivity index (χ0v) is 22.3. The smallest absolute Gasteiger partial charge is 0.459 e. The van der Waals surface area contributed by atoms with E-state index in [2.05, 4.69) is 21.1 Å². The number of allylic oxidation sites excluding steroid dienone is 1. The van der Waals surface area contributed by atoms with Crippen LogP contribution in [-0.2, 0) is 25.0 Å². The van der Waals surface area contributed by atoms with Gasteiger partial charge in [0.05, 0.1) is 25.1 Å². The Labute approximate surface area is 226 Å². The number of hydrogen-bond acceptors (Lipinski definition) is 8. The number of carbonyl (C=O) groups is 1. The molecule has 202 valence electrons. The number of methoxy groups -OCH3 is 1. The molecule has 4 aromatic rings. The first-order valence-electron chi connectivity index (χ1n) is 12.6. The Morgan fingerprint density at radius 2 is 1.85 bits per heavy atom. The highest BCUT2D eigenvalue weighted by Crippen LogP contribution is 2.46. The summed E-state index contributed by atoms with van der Waals surface area (Å²) >= 11 is 0. The normalized spacial score (nSPS) is 19.0. The minimum Gasteiger partial charge on any atom is -0.468 e. The second kappa shape index (κ2) is 11.8. The van der Waals surface area contributed by atoms with E-state index in [1.807, 2.05) is 59.3 Å². The summed E-state index contributed by atoms with van der Waals surface area (Å²) in [7, 11) is -2.72. The average molecular weight is 548 g/mol. The molecule has 39 heavy (non-hydrogen) atoms. The highest BCUT2D eigenvalue weighted by atomic mass is 31.2. The highest BCUT2D eigenvalue weighted by molar-refractivity contribution is 7.52. The summed E-state index contributed by atoms with van der Waals surface area (Å²) in [5, 5.41) is 3.64. The number of anilines is 1. The fourth-order valence-electron chi connectivity index (χ4n) is 4.61. The van der Waals surface area contributed by atoms with Crippen LogP contribution in [0.15, 0.2) is 91.4 Å². The van der Waals surface area contributed by atoms with Gasteiger partial charge < -0.3 is 19.6 Å². The van der Waals surface area contributed by atoms with Crippen LogP contribution in [0.2, 0.25) is 0 Å². The van der Waals surface area contributed by atoms with E-state index >= 15 is 0 Å². The van der Waals surface area contributed by atoms with Crippen molar-refractivity contribution in [2.75, 3.05) is 19.5 Å². The van der Waals surface area contributed by atoms with Crippen molar-refractivity contribution in [2.24, 2.45) is 5.92 Å². The predicted molar refractivity (Wildman–Crippen MR) is 148 cm³/mol. The van der Waals surface area contributed by atoms with E-state index in [4.69, 9.17) is 19.5 Å². The van der Waals surface area contributed by atoms with E-state index in [1.165, 1.54) is 13.4 Å². The number of nitrogens with two attached hydrogens (primary N) is 1. The van der Waals surface area contributed by atoms with Crippen molar-refractivity contribution in [2.45, 2.75) is 24.9 Å². The van der Waals surface area contributed by atoms with E-state index in [9.17, 15) is 9.36 Å². The van der Waals surface area contributed by atoms with E-state index < -0.39 is 19.8 Å². The minimum atomic E-state index is -4.01. The maximum atomic E-state index is 14.1. The summed E-state index contributed by atoms with van der Waals surface area (Å²) in [5.74, 6) is 0.168. The van der Waals surface area contributed by atoms with E-state index in [1.54, 1.807) is 24.3 Å². The van der Waals surface area contributed by atoms with Crippen LogP contribution in [0.25, 0.3) is 11.0 Å². The van der Waals surface area contributed by atoms with Crippen LogP contribution in [0.3, 0.4) is 0 Å². The second-order valence-corrected chi connectivity index (χ2v) is 11.0. The molecule has 2 aromatic carbocycles. The van der Waals surface area contributed by atoms with Gasteiger partial charge in [0, 0.05) is 12.1 Å². The quantitative estimate of drug-likeness (QED) is 0.156. The van der Waals surface area contributed by atoms with Gasteiger partial charge in [-0.25, -0.2) is 14.5 Å². The average Bonchev–Trinajstić information content (AvgIpc) is 3.60. The predicted octanol–water partition coefficient (Wildman–Crippen LogP) is 4.71. The molecular weight excluding hydrogens is 517 g/mol. The van der Waals surface area contributed by atoms with Crippen LogP contribution < -0.4 is 15.3 Å². The fraction of sp³-hybridized carbons (Fsp3) is 0.250. The SMILES string of the molecule is COC(=O)C(Cc1ccccc1)NP(=O)(OC[C@@H]1C=C[C@H](n2ccc3c(N)ncnc32)C1)Oc1ccccc1. The summed E-state index contributed by atoms with van der Waals surface area (Å²) in [5.41, 5.74) is 7.61. The zero-order valence-electron chi connectivity index (χ0n) is 21.4. The van der Waals surface area contributed by atoms with Gasteiger partial charge in [-0.1, -0.05) is 60.7 Å². The van der Waals surface area contributed by atoms with E-state index in [-0.39, 0.29) is 25.0 Å². The third-order valence-electron chi connectivity index (χ3n) is 6.56. The second-order valence-electron chi connectivity index (χ2n) is 9.26. The number of nitrogen functional groups attached to an aromatic ring is 1. The number of hydrogen-bond donors (Lipinski definition) is 2. The van der Waals surface area contributed by atoms with Gasteiger partial charge in [-0.3, -0.25) is 9.32 Å². The van der Waals surface area contributed by atoms with Gasteiger partial charge in [0.1, 0.15) is 29.6 Å². The highest BCUT2D eigenvalue weighted by Gasteiger charge is 2.36. The molecule has 4 atom stereocenters. The van der Waals surface area contributed by atoms with Gasteiger partial charge in [0.15, 0.2) is 0 Å². The van der Waals surface area contributed by atoms with Gasteiger partial charge in [-0.2, -0.15) is 5.09 Å². The number of carbonyl (C=O) groups excluding carboxylic acids is 1. The molecule has 5 rings (SSSR count). The monoisotopic (exact) mass is 547 g/mol. The van der Waals surface area contributed by atoms with Crippen molar-refractivity contribution in [3.63, 3.8) is 0 Å². The number of rotatable bonds is 11. The van der Waals surface area contributed by atoms with Crippen LogP contribution in [0, 0.1) is 5.92 Å². The van der Waals surface area contributed by atoms with Crippen molar-refractivity contribution < 1.29 is 23.1 Å². The summed E-state index contributed by atoms with van der Waals surface area (Å²) in [6, 6.07) is 19.1. The third kappa shape index (κ3) is 6.37. The molecule has 2 aromatic heterocycles. The van der Waals surface area contributed by atoms with Crippen molar-refractivity contribution in [1.82, 2.24) is 19.6 Å². The molecule has 0 fully saturated rings. The van der Waals surface area contributed by atoms with Gasteiger partial charge in [-0.15, -0.1) is 0 Å². The Morgan fingerprint density at radius 3 is 2.59 bits per heavy atom. The van der Waals surface area contributed by atoms with Gasteiger partial charge in [0.25, 0.3) is 0 Å². The number of benzene rings is 2. The molecular formula is C28H30N5O5P. The molecule has 0 aliphatic heterocycles. The van der Waals surface area contributed by atoms with Crippen LogP contribution in [-0.4, -0.2) is 40.3 Å². The maximum Gasteiger partial charge on any atom is 0.459 e. The lowest BCUT2D eigenvalue weighted by Gasteiger charge is -2.25. The van der Waals surface area contributed by atoms with Crippen molar-refractivity contribution >= 4 is 30.6 Å².